The number of carbonyl (C=O) groups excluding carboxylic acids is 1. The molecule has 32 heavy (non-hydrogen) atoms. The number of para-hydroxylation sites is 2. The number of ether oxygens (including phenoxy) is 1. The Morgan fingerprint density at radius 1 is 1.31 bits per heavy atom. The summed E-state index contributed by atoms with van der Waals surface area (Å²) in [7, 11) is 1.71. The van der Waals surface area contributed by atoms with Crippen LogP contribution in [0.1, 0.15) is 57.1 Å². The molecule has 3 rings (SSSR count). The molecule has 3 atom stereocenters. The van der Waals surface area contributed by atoms with Crippen LogP contribution in [0.4, 0.5) is 0 Å². The van der Waals surface area contributed by atoms with Gasteiger partial charge in [0.05, 0.1) is 17.1 Å². The summed E-state index contributed by atoms with van der Waals surface area (Å²) >= 11 is 0. The van der Waals surface area contributed by atoms with E-state index in [1.54, 1.807) is 7.11 Å². The molecule has 2 aromatic rings. The number of aromatic nitrogens is 2. The second kappa shape index (κ2) is 11.8. The lowest BCUT2D eigenvalue weighted by Gasteiger charge is -2.40. The minimum atomic E-state index is -0.341. The fraction of sp³-hybridized carbons (Fsp3) is 0.680. The van der Waals surface area contributed by atoms with Crippen LogP contribution in [0.15, 0.2) is 24.3 Å². The number of benzene rings is 1. The van der Waals surface area contributed by atoms with Crippen molar-refractivity contribution in [2.24, 2.45) is 11.8 Å². The van der Waals surface area contributed by atoms with E-state index in [0.717, 1.165) is 56.4 Å². The predicted molar refractivity (Wildman–Crippen MR) is 128 cm³/mol. The van der Waals surface area contributed by atoms with Crippen LogP contribution in [-0.2, 0) is 11.3 Å². The molecule has 7 heteroatoms. The second-order valence-corrected chi connectivity index (χ2v) is 9.41. The van der Waals surface area contributed by atoms with Crippen LogP contribution in [0.5, 0.6) is 0 Å². The lowest BCUT2D eigenvalue weighted by atomic mass is 9.88. The number of piperidine rings is 1. The Hall–Kier alpha value is -1.96. The molecule has 0 aliphatic carbocycles. The fourth-order valence-electron chi connectivity index (χ4n) is 4.72. The Balaban J connectivity index is 1.90. The molecule has 7 nitrogen and oxygen atoms in total. The molecule has 1 fully saturated rings. The van der Waals surface area contributed by atoms with E-state index in [4.69, 9.17) is 9.72 Å². The van der Waals surface area contributed by atoms with Crippen molar-refractivity contribution in [2.45, 2.75) is 65.1 Å². The molecule has 2 N–H and O–H groups in total. The van der Waals surface area contributed by atoms with Crippen LogP contribution in [-0.4, -0.2) is 71.0 Å². The summed E-state index contributed by atoms with van der Waals surface area (Å²) in [4.78, 5) is 20.7. The summed E-state index contributed by atoms with van der Waals surface area (Å²) in [5, 5.41) is 13.9. The van der Waals surface area contributed by atoms with Crippen LogP contribution in [0.3, 0.4) is 0 Å². The van der Waals surface area contributed by atoms with Crippen molar-refractivity contribution in [3.63, 3.8) is 0 Å². The molecule has 178 valence electrons. The first-order valence-electron chi connectivity index (χ1n) is 12.1. The minimum Gasteiger partial charge on any atom is -0.393 e. The molecule has 0 saturated carbocycles. The molecule has 1 aromatic carbocycles. The molecule has 1 aliphatic heterocycles. The van der Waals surface area contributed by atoms with Crippen molar-refractivity contribution in [3.05, 3.63) is 30.1 Å². The molecule has 1 aliphatic rings. The molecule has 1 amide bonds. The van der Waals surface area contributed by atoms with Crippen LogP contribution in [0, 0.1) is 11.8 Å². The summed E-state index contributed by atoms with van der Waals surface area (Å²) in [5.41, 5.74) is 1.85. The van der Waals surface area contributed by atoms with Gasteiger partial charge >= 0.3 is 0 Å². The molecule has 0 spiro atoms. The van der Waals surface area contributed by atoms with Crippen molar-refractivity contribution < 1.29 is 14.6 Å². The van der Waals surface area contributed by atoms with Crippen molar-refractivity contribution >= 4 is 16.9 Å². The molecule has 1 aromatic heterocycles. The number of amides is 1. The first kappa shape index (κ1) is 24.7. The highest BCUT2D eigenvalue weighted by Crippen LogP contribution is 2.25. The SMILES string of the molecule is CCC(O)C1CNC[C@@H](N(CC(C)C)C(=O)c2nc3ccccc3n2CCCCOC)C1. The third-order valence-electron chi connectivity index (χ3n) is 6.41. The number of methoxy groups -OCH3 is 1. The van der Waals surface area contributed by atoms with Crippen molar-refractivity contribution in [2.75, 3.05) is 33.4 Å². The highest BCUT2D eigenvalue weighted by Gasteiger charge is 2.34. The van der Waals surface area contributed by atoms with E-state index in [2.05, 4.69) is 23.7 Å². The largest absolute Gasteiger partial charge is 0.393 e. The zero-order valence-corrected chi connectivity index (χ0v) is 20.1. The number of aryl methyl sites for hydroxylation is 1. The number of carbonyl (C=O) groups is 1. The lowest BCUT2D eigenvalue weighted by molar-refractivity contribution is 0.0383. The van der Waals surface area contributed by atoms with E-state index < -0.39 is 0 Å². The van der Waals surface area contributed by atoms with Gasteiger partial charge in [0, 0.05) is 45.9 Å². The van der Waals surface area contributed by atoms with Gasteiger partial charge in [0.15, 0.2) is 5.82 Å². The van der Waals surface area contributed by atoms with Gasteiger partial charge in [-0.3, -0.25) is 4.79 Å². The fourth-order valence-corrected chi connectivity index (χ4v) is 4.72. The Kier molecular flexibility index (Phi) is 9.08. The molecule has 0 bridgehead atoms. The van der Waals surface area contributed by atoms with Crippen LogP contribution < -0.4 is 5.32 Å². The zero-order chi connectivity index (χ0) is 23.1. The predicted octanol–water partition coefficient (Wildman–Crippen LogP) is 3.31. The first-order chi connectivity index (χ1) is 15.5. The second-order valence-electron chi connectivity index (χ2n) is 9.41. The van der Waals surface area contributed by atoms with Crippen molar-refractivity contribution in [3.8, 4) is 0 Å². The number of imidazole rings is 1. The average Bonchev–Trinajstić information content (AvgIpc) is 3.18. The monoisotopic (exact) mass is 444 g/mol. The van der Waals surface area contributed by atoms with Crippen molar-refractivity contribution in [1.29, 1.82) is 0 Å². The third kappa shape index (κ3) is 5.88. The van der Waals surface area contributed by atoms with E-state index >= 15 is 0 Å². The van der Waals surface area contributed by atoms with Gasteiger partial charge < -0.3 is 24.6 Å². The number of hydrogen-bond donors (Lipinski definition) is 2. The normalized spacial score (nSPS) is 20.1. The molecular formula is C25H40N4O3. The first-order valence-corrected chi connectivity index (χ1v) is 12.1. The topological polar surface area (TPSA) is 79.6 Å². The zero-order valence-electron chi connectivity index (χ0n) is 20.1. The van der Waals surface area contributed by atoms with Crippen LogP contribution in [0.2, 0.25) is 0 Å². The molecule has 2 heterocycles. The van der Waals surface area contributed by atoms with Gasteiger partial charge in [-0.15, -0.1) is 0 Å². The Morgan fingerprint density at radius 2 is 2.09 bits per heavy atom. The number of hydrogen-bond acceptors (Lipinski definition) is 5. The number of aliphatic hydroxyl groups excluding tert-OH is 1. The maximum Gasteiger partial charge on any atom is 0.290 e. The van der Waals surface area contributed by atoms with E-state index in [1.165, 1.54) is 0 Å². The number of fused-ring (bicyclic) bond motifs is 1. The Bertz CT molecular complexity index is 866. The molecule has 2 unspecified atom stereocenters. The lowest BCUT2D eigenvalue weighted by Crippen LogP contribution is -2.54. The number of rotatable bonds is 11. The molecule has 1 saturated heterocycles. The van der Waals surface area contributed by atoms with Gasteiger partial charge in [0.1, 0.15) is 0 Å². The van der Waals surface area contributed by atoms with Gasteiger partial charge in [0.2, 0.25) is 0 Å². The molecule has 0 radical (unpaired) electrons. The van der Waals surface area contributed by atoms with Gasteiger partial charge in [-0.1, -0.05) is 32.9 Å². The van der Waals surface area contributed by atoms with E-state index in [0.29, 0.717) is 24.9 Å². The summed E-state index contributed by atoms with van der Waals surface area (Å²) in [6.07, 6.45) is 3.07. The number of unbranched alkanes of at least 4 members (excludes halogenated alkanes) is 1. The Morgan fingerprint density at radius 3 is 2.81 bits per heavy atom. The van der Waals surface area contributed by atoms with E-state index in [-0.39, 0.29) is 24.0 Å². The Labute approximate surface area is 192 Å². The average molecular weight is 445 g/mol. The molecular weight excluding hydrogens is 404 g/mol. The smallest absolute Gasteiger partial charge is 0.290 e. The van der Waals surface area contributed by atoms with Gasteiger partial charge in [-0.05, 0) is 49.7 Å². The highest BCUT2D eigenvalue weighted by molar-refractivity contribution is 5.95. The van der Waals surface area contributed by atoms with E-state index in [1.807, 2.05) is 36.1 Å². The van der Waals surface area contributed by atoms with Crippen LogP contribution >= 0.6 is 0 Å². The standard InChI is InChI=1S/C25H40N4O3/c1-5-23(30)19-14-20(16-26-15-19)29(17-18(2)3)25(31)24-27-21-10-6-7-11-22(21)28(24)12-8-9-13-32-4/h6-7,10-11,18-20,23,26,30H,5,8-9,12-17H2,1-4H3/t19?,20-,23?/m0/s1. The number of aliphatic hydroxyl groups is 1. The van der Waals surface area contributed by atoms with Gasteiger partial charge in [0.25, 0.3) is 5.91 Å². The van der Waals surface area contributed by atoms with Crippen LogP contribution in [0.25, 0.3) is 11.0 Å². The summed E-state index contributed by atoms with van der Waals surface area (Å²) in [5.74, 6) is 1.01. The number of nitrogens with zero attached hydrogens (tertiary/aromatic N) is 3. The third-order valence-corrected chi connectivity index (χ3v) is 6.41. The number of nitrogens with one attached hydrogen (secondary N) is 1. The summed E-state index contributed by atoms with van der Waals surface area (Å²) < 4.78 is 7.28. The highest BCUT2D eigenvalue weighted by atomic mass is 16.5. The van der Waals surface area contributed by atoms with Crippen molar-refractivity contribution in [1.82, 2.24) is 19.8 Å². The minimum absolute atomic E-state index is 0.0138. The maximum absolute atomic E-state index is 13.9. The van der Waals surface area contributed by atoms with Gasteiger partial charge in [-0.2, -0.15) is 0 Å². The summed E-state index contributed by atoms with van der Waals surface area (Å²) in [6, 6.07) is 8.02. The van der Waals surface area contributed by atoms with E-state index in [9.17, 15) is 9.90 Å². The summed E-state index contributed by atoms with van der Waals surface area (Å²) in [6.45, 7) is 9.97. The van der Waals surface area contributed by atoms with Gasteiger partial charge in [-0.25, -0.2) is 4.98 Å². The quantitative estimate of drug-likeness (QED) is 0.520. The maximum atomic E-state index is 13.9.